The Morgan fingerprint density at radius 3 is 1.93 bits per heavy atom. The van der Waals surface area contributed by atoms with E-state index in [-0.39, 0.29) is 12.4 Å². The zero-order chi connectivity index (χ0) is 18.1. The number of benzene rings is 3. The Balaban J connectivity index is 0.00000210. The SMILES string of the molecule is Cl.FC(F)(F)C[C@H](c1c2ccccc2cc2ccccc12)N1CCNCC1. The van der Waals surface area contributed by atoms with Gasteiger partial charge in [-0.05, 0) is 33.2 Å². The van der Waals surface area contributed by atoms with Crippen molar-refractivity contribution in [3.63, 3.8) is 0 Å². The van der Waals surface area contributed by atoms with Crippen LogP contribution in [0.15, 0.2) is 54.6 Å². The Morgan fingerprint density at radius 1 is 0.889 bits per heavy atom. The van der Waals surface area contributed by atoms with Gasteiger partial charge in [0.15, 0.2) is 0 Å². The van der Waals surface area contributed by atoms with Crippen molar-refractivity contribution < 1.29 is 13.2 Å². The molecule has 1 N–H and O–H groups in total. The van der Waals surface area contributed by atoms with Crippen LogP contribution >= 0.6 is 12.4 Å². The van der Waals surface area contributed by atoms with Crippen LogP contribution in [0.3, 0.4) is 0 Å². The van der Waals surface area contributed by atoms with Gasteiger partial charge in [0.2, 0.25) is 0 Å². The summed E-state index contributed by atoms with van der Waals surface area (Å²) in [6, 6.07) is 16.9. The third kappa shape index (κ3) is 4.21. The zero-order valence-electron chi connectivity index (χ0n) is 14.8. The Kier molecular flexibility index (Phi) is 5.94. The largest absolute Gasteiger partial charge is 0.390 e. The second kappa shape index (κ2) is 8.05. The average molecular weight is 395 g/mol. The van der Waals surface area contributed by atoms with Crippen LogP contribution in [0.4, 0.5) is 13.2 Å². The first kappa shape index (κ1) is 19.9. The minimum absolute atomic E-state index is 0. The Morgan fingerprint density at radius 2 is 1.41 bits per heavy atom. The highest BCUT2D eigenvalue weighted by Gasteiger charge is 2.37. The predicted octanol–water partition coefficient (Wildman–Crippen LogP) is 5.31. The smallest absolute Gasteiger partial charge is 0.314 e. The van der Waals surface area contributed by atoms with Gasteiger partial charge < -0.3 is 5.32 Å². The van der Waals surface area contributed by atoms with Crippen LogP contribution < -0.4 is 5.32 Å². The van der Waals surface area contributed by atoms with Crippen LogP contribution in [-0.4, -0.2) is 37.3 Å². The molecule has 1 heterocycles. The highest BCUT2D eigenvalue weighted by molar-refractivity contribution is 6.02. The van der Waals surface area contributed by atoms with Gasteiger partial charge in [-0.15, -0.1) is 12.4 Å². The van der Waals surface area contributed by atoms with Crippen LogP contribution in [0.5, 0.6) is 0 Å². The maximum atomic E-state index is 13.5. The highest BCUT2D eigenvalue weighted by Crippen LogP contribution is 2.41. The molecule has 0 aliphatic carbocycles. The van der Waals surface area contributed by atoms with E-state index in [1.807, 2.05) is 53.4 Å². The molecule has 0 bridgehead atoms. The maximum absolute atomic E-state index is 13.5. The molecule has 1 fully saturated rings. The van der Waals surface area contributed by atoms with Crippen molar-refractivity contribution in [2.45, 2.75) is 18.6 Å². The number of nitrogens with zero attached hydrogens (tertiary/aromatic N) is 1. The summed E-state index contributed by atoms with van der Waals surface area (Å²) >= 11 is 0. The van der Waals surface area contributed by atoms with Gasteiger partial charge in [0, 0.05) is 32.2 Å². The van der Waals surface area contributed by atoms with E-state index in [2.05, 4.69) is 11.4 Å². The monoisotopic (exact) mass is 394 g/mol. The van der Waals surface area contributed by atoms with Gasteiger partial charge in [-0.3, -0.25) is 4.90 Å². The molecule has 6 heteroatoms. The Labute approximate surface area is 162 Å². The van der Waals surface area contributed by atoms with Crippen molar-refractivity contribution >= 4 is 34.0 Å². The summed E-state index contributed by atoms with van der Waals surface area (Å²) < 4.78 is 40.5. The molecule has 1 saturated heterocycles. The number of hydrogen-bond acceptors (Lipinski definition) is 2. The molecule has 144 valence electrons. The second-order valence-electron chi connectivity index (χ2n) is 6.85. The number of piperazine rings is 1. The van der Waals surface area contributed by atoms with Gasteiger partial charge in [-0.2, -0.15) is 13.2 Å². The summed E-state index contributed by atoms with van der Waals surface area (Å²) in [6.07, 6.45) is -5.04. The zero-order valence-corrected chi connectivity index (χ0v) is 15.6. The van der Waals surface area contributed by atoms with Crippen LogP contribution in [0.2, 0.25) is 0 Å². The van der Waals surface area contributed by atoms with E-state index in [1.54, 1.807) is 0 Å². The molecule has 1 atom stereocenters. The lowest BCUT2D eigenvalue weighted by molar-refractivity contribution is -0.148. The lowest BCUT2D eigenvalue weighted by Gasteiger charge is -2.36. The number of alkyl halides is 3. The van der Waals surface area contributed by atoms with Crippen LogP contribution in [0.1, 0.15) is 18.0 Å². The topological polar surface area (TPSA) is 15.3 Å². The highest BCUT2D eigenvalue weighted by atomic mass is 35.5. The molecule has 1 aliphatic heterocycles. The van der Waals surface area contributed by atoms with E-state index < -0.39 is 18.6 Å². The Bertz CT molecular complexity index is 866. The molecule has 3 aromatic rings. The van der Waals surface area contributed by atoms with Crippen LogP contribution in [0, 0.1) is 0 Å². The third-order valence-electron chi connectivity index (χ3n) is 5.16. The molecule has 2 nitrogen and oxygen atoms in total. The van der Waals surface area contributed by atoms with Crippen molar-refractivity contribution in [3.8, 4) is 0 Å². The lowest BCUT2D eigenvalue weighted by atomic mass is 9.89. The molecule has 4 rings (SSSR count). The minimum atomic E-state index is -4.21. The average Bonchev–Trinajstić information content (AvgIpc) is 2.64. The molecule has 0 radical (unpaired) electrons. The first-order valence-electron chi connectivity index (χ1n) is 8.95. The third-order valence-corrected chi connectivity index (χ3v) is 5.16. The molecule has 3 aromatic carbocycles. The fourth-order valence-electron chi connectivity index (χ4n) is 4.03. The summed E-state index contributed by atoms with van der Waals surface area (Å²) in [5.74, 6) is 0. The molecule has 0 unspecified atom stereocenters. The molecule has 0 amide bonds. The van der Waals surface area contributed by atoms with E-state index in [9.17, 15) is 13.2 Å². The first-order valence-corrected chi connectivity index (χ1v) is 8.95. The minimum Gasteiger partial charge on any atom is -0.314 e. The van der Waals surface area contributed by atoms with E-state index in [0.717, 1.165) is 40.2 Å². The van der Waals surface area contributed by atoms with Gasteiger partial charge in [0.25, 0.3) is 0 Å². The van der Waals surface area contributed by atoms with E-state index in [0.29, 0.717) is 13.1 Å². The van der Waals surface area contributed by atoms with Gasteiger partial charge in [0.05, 0.1) is 6.42 Å². The number of hydrogen-bond donors (Lipinski definition) is 1. The fraction of sp³-hybridized carbons (Fsp3) is 0.333. The summed E-state index contributed by atoms with van der Waals surface area (Å²) in [6.45, 7) is 2.69. The molecular weight excluding hydrogens is 373 g/mol. The normalized spacial score (nSPS) is 17.0. The molecule has 0 saturated carbocycles. The van der Waals surface area contributed by atoms with E-state index >= 15 is 0 Å². The van der Waals surface area contributed by atoms with Gasteiger partial charge in [0.1, 0.15) is 0 Å². The van der Waals surface area contributed by atoms with E-state index in [1.165, 1.54) is 0 Å². The first-order chi connectivity index (χ1) is 12.5. The van der Waals surface area contributed by atoms with Crippen LogP contribution in [-0.2, 0) is 0 Å². The van der Waals surface area contributed by atoms with Crippen molar-refractivity contribution in [3.05, 3.63) is 60.2 Å². The van der Waals surface area contributed by atoms with Crippen LogP contribution in [0.25, 0.3) is 21.5 Å². The molecular formula is C21H22ClF3N2. The van der Waals surface area contributed by atoms with Crippen molar-refractivity contribution in [1.82, 2.24) is 10.2 Å². The fourth-order valence-corrected chi connectivity index (χ4v) is 4.03. The summed E-state index contributed by atoms with van der Waals surface area (Å²) in [4.78, 5) is 1.98. The molecule has 0 spiro atoms. The van der Waals surface area contributed by atoms with Gasteiger partial charge >= 0.3 is 6.18 Å². The number of nitrogens with one attached hydrogen (secondary N) is 1. The summed E-state index contributed by atoms with van der Waals surface area (Å²) in [7, 11) is 0. The summed E-state index contributed by atoms with van der Waals surface area (Å²) in [5, 5.41) is 7.05. The van der Waals surface area contributed by atoms with Crippen molar-refractivity contribution in [1.29, 1.82) is 0 Å². The number of fused-ring (bicyclic) bond motifs is 2. The Hall–Kier alpha value is -1.82. The molecule has 0 aromatic heterocycles. The standard InChI is InChI=1S/C21H21F3N2.ClH/c22-21(23,24)14-19(26-11-9-25-10-12-26)20-17-7-3-1-5-15(17)13-16-6-2-4-8-18(16)20;/h1-8,13,19,25H,9-12,14H2;1H/t19-;/m1./s1. The quantitative estimate of drug-likeness (QED) is 0.605. The second-order valence-corrected chi connectivity index (χ2v) is 6.85. The predicted molar refractivity (Wildman–Crippen MR) is 107 cm³/mol. The van der Waals surface area contributed by atoms with Gasteiger partial charge in [-0.25, -0.2) is 0 Å². The number of halogens is 4. The summed E-state index contributed by atoms with van der Waals surface area (Å²) in [5.41, 5.74) is 0.804. The lowest BCUT2D eigenvalue weighted by Crippen LogP contribution is -2.46. The number of rotatable bonds is 3. The molecule has 1 aliphatic rings. The van der Waals surface area contributed by atoms with Crippen molar-refractivity contribution in [2.24, 2.45) is 0 Å². The van der Waals surface area contributed by atoms with Crippen molar-refractivity contribution in [2.75, 3.05) is 26.2 Å². The maximum Gasteiger partial charge on any atom is 0.390 e. The van der Waals surface area contributed by atoms with E-state index in [4.69, 9.17) is 0 Å². The van der Waals surface area contributed by atoms with Gasteiger partial charge in [-0.1, -0.05) is 48.5 Å². The molecule has 27 heavy (non-hydrogen) atoms.